The van der Waals surface area contributed by atoms with E-state index < -0.39 is 0 Å². The summed E-state index contributed by atoms with van der Waals surface area (Å²) in [4.78, 5) is 0. The molecule has 0 aliphatic carbocycles. The summed E-state index contributed by atoms with van der Waals surface area (Å²) in [6.45, 7) is 0. The summed E-state index contributed by atoms with van der Waals surface area (Å²) in [7, 11) is 0. The zero-order chi connectivity index (χ0) is 4.12. The quantitative estimate of drug-likeness (QED) is 0.402. The van der Waals surface area contributed by atoms with Gasteiger partial charge in [-0.3, -0.25) is 0 Å². The normalized spacial score (nSPS) is 3.00. The maximum atomic E-state index is 7.59. The molecule has 2 nitrogen and oxygen atoms in total. The largest absolute Gasteiger partial charge is 0.370 e. The van der Waals surface area contributed by atoms with Crippen LogP contribution in [-0.4, -0.2) is 7.28 Å². The molecule has 0 heterocycles. The molecule has 0 saturated heterocycles. The van der Waals surface area contributed by atoms with Gasteiger partial charge in [-0.25, -0.2) is 10.5 Å². The molecule has 0 fully saturated rings. The van der Waals surface area contributed by atoms with E-state index >= 15 is 0 Å². The van der Waals surface area contributed by atoms with Crippen molar-refractivity contribution in [2.45, 2.75) is 0 Å². The van der Waals surface area contributed by atoms with Gasteiger partial charge >= 0.3 is 7.28 Å². The van der Waals surface area contributed by atoms with Crippen LogP contribution in [0.4, 0.5) is 0 Å². The number of hydrogen-bond donors (Lipinski definition) is 0. The van der Waals surface area contributed by atoms with Crippen molar-refractivity contribution in [2.24, 2.45) is 0 Å². The van der Waals surface area contributed by atoms with E-state index in [1.807, 2.05) is 0 Å². The Bertz CT molecular complexity index is 76.7. The van der Waals surface area contributed by atoms with Crippen molar-refractivity contribution in [3.63, 3.8) is 0 Å². The molecule has 6 heavy (non-hydrogen) atoms. The molecule has 32 valence electrons. The standard InChI is InChI=1S/C2HBN2.Ni/c4-1-3-2-5;/h3H;. The Balaban J connectivity index is 0. The molecule has 0 amide bonds. The average Bonchev–Trinajstić information content (AvgIpc) is 1.41. The summed E-state index contributed by atoms with van der Waals surface area (Å²) in [5.74, 6) is 3.31. The van der Waals surface area contributed by atoms with Crippen molar-refractivity contribution in [1.29, 1.82) is 10.5 Å². The van der Waals surface area contributed by atoms with Crippen molar-refractivity contribution in [2.75, 3.05) is 0 Å². The van der Waals surface area contributed by atoms with Crippen molar-refractivity contribution < 1.29 is 16.5 Å². The van der Waals surface area contributed by atoms with Gasteiger partial charge in [-0.1, -0.05) is 0 Å². The zero-order valence-electron chi connectivity index (χ0n) is 2.92. The molecule has 4 heteroatoms. The van der Waals surface area contributed by atoms with Crippen molar-refractivity contribution in [3.8, 4) is 11.9 Å². The van der Waals surface area contributed by atoms with E-state index in [-0.39, 0.29) is 23.8 Å². The first-order valence-corrected chi connectivity index (χ1v) is 1.15. The summed E-state index contributed by atoms with van der Waals surface area (Å²) in [5.41, 5.74) is 0. The second-order valence-corrected chi connectivity index (χ2v) is 0.493. The minimum atomic E-state index is 0. The van der Waals surface area contributed by atoms with Crippen LogP contribution in [0, 0.1) is 22.5 Å². The Hall–Kier alpha value is -0.462. The number of nitriles is 2. The van der Waals surface area contributed by atoms with Gasteiger partial charge in [0.25, 0.3) is 0 Å². The van der Waals surface area contributed by atoms with Gasteiger partial charge in [0, 0.05) is 28.4 Å². The molecule has 0 unspecified atom stereocenters. The molecule has 0 aromatic rings. The van der Waals surface area contributed by atoms with E-state index in [1.54, 1.807) is 11.9 Å². The molecule has 0 N–H and O–H groups in total. The van der Waals surface area contributed by atoms with Gasteiger partial charge in [0.15, 0.2) is 0 Å². The first kappa shape index (κ1) is 9.11. The fourth-order valence-electron chi connectivity index (χ4n) is 0.0354. The summed E-state index contributed by atoms with van der Waals surface area (Å²) in [5, 5.41) is 15.2. The smallest absolute Gasteiger partial charge is 0.211 e. The maximum Gasteiger partial charge on any atom is 0.370 e. The average molecular weight is 123 g/mol. The maximum absolute atomic E-state index is 7.59. The predicted octanol–water partition coefficient (Wildman–Crippen LogP) is -0.617. The third-order valence-electron chi connectivity index (χ3n) is 0.158. The van der Waals surface area contributed by atoms with E-state index in [4.69, 9.17) is 10.5 Å². The first-order valence-electron chi connectivity index (χ1n) is 1.15. The number of rotatable bonds is 0. The van der Waals surface area contributed by atoms with E-state index in [1.165, 1.54) is 0 Å². The van der Waals surface area contributed by atoms with Gasteiger partial charge in [0.1, 0.15) is 0 Å². The molecular weight excluding hydrogens is 122 g/mol. The van der Waals surface area contributed by atoms with Crippen LogP contribution < -0.4 is 0 Å². The molecule has 0 bridgehead atoms. The molecule has 0 aromatic carbocycles. The van der Waals surface area contributed by atoms with Crippen LogP contribution in [0.25, 0.3) is 0 Å². The fourth-order valence-corrected chi connectivity index (χ4v) is 0.0354. The number of hydrogen-bond acceptors (Lipinski definition) is 2. The molecule has 0 radical (unpaired) electrons. The van der Waals surface area contributed by atoms with Crippen LogP contribution in [0.15, 0.2) is 0 Å². The minimum absolute atomic E-state index is 0. The second kappa shape index (κ2) is 8.82. The van der Waals surface area contributed by atoms with Crippen LogP contribution in [0.1, 0.15) is 0 Å². The van der Waals surface area contributed by atoms with Gasteiger partial charge in [-0.15, -0.1) is 0 Å². The molecule has 0 aromatic heterocycles. The Labute approximate surface area is 46.9 Å². The summed E-state index contributed by atoms with van der Waals surface area (Å²) in [6.07, 6.45) is 0. The van der Waals surface area contributed by atoms with Crippen LogP contribution >= 0.6 is 0 Å². The Morgan fingerprint density at radius 2 is 1.50 bits per heavy atom. The van der Waals surface area contributed by atoms with Crippen LogP contribution in [0.2, 0.25) is 0 Å². The molecule has 0 atom stereocenters. The van der Waals surface area contributed by atoms with Gasteiger partial charge in [-0.05, 0) is 0 Å². The van der Waals surface area contributed by atoms with Crippen LogP contribution in [-0.2, 0) is 16.5 Å². The van der Waals surface area contributed by atoms with Crippen molar-refractivity contribution >= 4 is 7.28 Å². The monoisotopic (exact) mass is 122 g/mol. The van der Waals surface area contributed by atoms with E-state index in [0.29, 0.717) is 0 Å². The van der Waals surface area contributed by atoms with Gasteiger partial charge in [-0.2, -0.15) is 0 Å². The van der Waals surface area contributed by atoms with E-state index in [9.17, 15) is 0 Å². The molecule has 0 saturated carbocycles. The molecular formula is C2HBN2Ni. The SMILES string of the molecule is N#CBC#N.[Ni]. The second-order valence-electron chi connectivity index (χ2n) is 0.493. The molecule has 0 aliphatic heterocycles. The van der Waals surface area contributed by atoms with E-state index in [0.717, 1.165) is 0 Å². The van der Waals surface area contributed by atoms with Crippen LogP contribution in [0.5, 0.6) is 0 Å². The fraction of sp³-hybridized carbons (Fsp3) is 0. The predicted molar refractivity (Wildman–Crippen MR) is 18.4 cm³/mol. The van der Waals surface area contributed by atoms with Gasteiger partial charge in [0.05, 0.1) is 0 Å². The summed E-state index contributed by atoms with van der Waals surface area (Å²) < 4.78 is 0. The minimum Gasteiger partial charge on any atom is -0.211 e. The third-order valence-corrected chi connectivity index (χ3v) is 0.158. The van der Waals surface area contributed by atoms with Crippen molar-refractivity contribution in [3.05, 3.63) is 0 Å². The summed E-state index contributed by atoms with van der Waals surface area (Å²) in [6, 6.07) is 0. The Morgan fingerprint density at radius 3 is 1.50 bits per heavy atom. The van der Waals surface area contributed by atoms with E-state index in [2.05, 4.69) is 0 Å². The molecule has 0 rings (SSSR count). The zero-order valence-corrected chi connectivity index (χ0v) is 3.91. The Kier molecular flexibility index (Phi) is 13.4. The molecule has 0 spiro atoms. The Morgan fingerprint density at radius 1 is 1.17 bits per heavy atom. The van der Waals surface area contributed by atoms with Gasteiger partial charge in [0.2, 0.25) is 0 Å². The van der Waals surface area contributed by atoms with Crippen molar-refractivity contribution in [1.82, 2.24) is 0 Å². The topological polar surface area (TPSA) is 47.6 Å². The van der Waals surface area contributed by atoms with Gasteiger partial charge < -0.3 is 0 Å². The number of nitrogens with zero attached hydrogens (tertiary/aromatic N) is 2. The first-order chi connectivity index (χ1) is 2.41. The summed E-state index contributed by atoms with van der Waals surface area (Å²) >= 11 is 0. The van der Waals surface area contributed by atoms with Crippen LogP contribution in [0.3, 0.4) is 0 Å². The third kappa shape index (κ3) is 9.63. The molecule has 0 aliphatic rings.